The molecular weight excluding hydrogens is 700 g/mol. The maximum absolute atomic E-state index is 12.4. The first kappa shape index (κ1) is 39.2. The van der Waals surface area contributed by atoms with E-state index in [9.17, 15) is 34.8 Å². The fourth-order valence-electron chi connectivity index (χ4n) is 5.67. The Balaban J connectivity index is 0.000000160. The number of benzene rings is 4. The lowest BCUT2D eigenvalue weighted by Gasteiger charge is -2.23. The number of carbonyl (C=O) groups excluding carboxylic acids is 2. The van der Waals surface area contributed by atoms with Crippen molar-refractivity contribution in [3.63, 3.8) is 0 Å². The molecule has 280 valence electrons. The van der Waals surface area contributed by atoms with E-state index in [-0.39, 0.29) is 51.3 Å². The Morgan fingerprint density at radius 2 is 1.47 bits per heavy atom. The summed E-state index contributed by atoms with van der Waals surface area (Å²) in [5.41, 5.74) is 2.05. The van der Waals surface area contributed by atoms with Crippen LogP contribution in [0.25, 0.3) is 33.1 Å². The fourth-order valence-corrected chi connectivity index (χ4v) is 5.67. The molecule has 0 aliphatic rings. The molecule has 3 heterocycles. The number of phenols is 4. The van der Waals surface area contributed by atoms with Crippen LogP contribution in [0.2, 0.25) is 0 Å². The molecule has 0 bridgehead atoms. The summed E-state index contributed by atoms with van der Waals surface area (Å²) in [6, 6.07) is 27.0. The highest BCUT2D eigenvalue weighted by atomic mass is 16.5. The zero-order valence-corrected chi connectivity index (χ0v) is 30.7. The SMILES string of the molecule is CC(C)(C(=O)c1cccnc1)c1cccnc1.COc1ccc2cc(CCC(C)=O)ccc2c1.O=c1cc(-c2ccc(O)c(O)c2)oc2cc(O)cc(O)c12. The van der Waals surface area contributed by atoms with E-state index in [0.717, 1.165) is 35.3 Å². The van der Waals surface area contributed by atoms with Gasteiger partial charge >= 0.3 is 0 Å². The number of phenolic OH excluding ortho intramolecular Hbond substituents is 4. The van der Waals surface area contributed by atoms with Crippen LogP contribution in [0.4, 0.5) is 0 Å². The van der Waals surface area contributed by atoms with Gasteiger partial charge in [-0.1, -0.05) is 30.3 Å². The molecule has 7 aromatic rings. The van der Waals surface area contributed by atoms with Crippen LogP contribution < -0.4 is 10.2 Å². The molecular formula is C44H40N2O9. The molecule has 11 nitrogen and oxygen atoms in total. The molecule has 0 fully saturated rings. The van der Waals surface area contributed by atoms with Crippen molar-refractivity contribution in [1.29, 1.82) is 0 Å². The molecule has 0 spiro atoms. The minimum atomic E-state index is -0.586. The number of methoxy groups -OCH3 is 1. The first-order valence-corrected chi connectivity index (χ1v) is 17.2. The van der Waals surface area contributed by atoms with E-state index in [1.807, 2.05) is 44.2 Å². The van der Waals surface area contributed by atoms with Crippen LogP contribution in [-0.4, -0.2) is 49.1 Å². The summed E-state index contributed by atoms with van der Waals surface area (Å²) in [5.74, 6) is 0.0269. The zero-order valence-electron chi connectivity index (χ0n) is 30.7. The van der Waals surface area contributed by atoms with Crippen molar-refractivity contribution < 1.29 is 39.2 Å². The maximum atomic E-state index is 12.4. The molecule has 3 aromatic heterocycles. The number of ketones is 2. The molecule has 0 atom stereocenters. The van der Waals surface area contributed by atoms with Crippen LogP contribution in [0.15, 0.2) is 131 Å². The van der Waals surface area contributed by atoms with Gasteiger partial charge in [0.1, 0.15) is 39.8 Å². The van der Waals surface area contributed by atoms with Gasteiger partial charge in [-0.2, -0.15) is 0 Å². The predicted octanol–water partition coefficient (Wildman–Crippen LogP) is 8.29. The van der Waals surface area contributed by atoms with E-state index in [2.05, 4.69) is 28.2 Å². The van der Waals surface area contributed by atoms with E-state index in [0.29, 0.717) is 17.5 Å². The number of fused-ring (bicyclic) bond motifs is 2. The number of aromatic hydroxyl groups is 4. The largest absolute Gasteiger partial charge is 0.508 e. The van der Waals surface area contributed by atoms with E-state index < -0.39 is 10.8 Å². The van der Waals surface area contributed by atoms with Gasteiger partial charge < -0.3 is 34.4 Å². The number of carbonyl (C=O) groups is 2. The quantitative estimate of drug-likeness (QED) is 0.0870. The molecule has 0 aliphatic heterocycles. The Kier molecular flexibility index (Phi) is 12.3. The Labute approximate surface area is 316 Å². The van der Waals surface area contributed by atoms with Crippen molar-refractivity contribution in [3.8, 4) is 40.1 Å². The Hall–Kier alpha value is -7.01. The lowest BCUT2D eigenvalue weighted by Crippen LogP contribution is -2.29. The molecule has 0 radical (unpaired) electrons. The normalized spacial score (nSPS) is 10.8. The van der Waals surface area contributed by atoms with E-state index in [1.54, 1.807) is 51.0 Å². The second-order valence-corrected chi connectivity index (χ2v) is 13.2. The number of aryl methyl sites for hydroxylation is 1. The number of aromatic nitrogens is 2. The lowest BCUT2D eigenvalue weighted by atomic mass is 9.79. The summed E-state index contributed by atoms with van der Waals surface area (Å²) in [6.45, 7) is 5.44. The van der Waals surface area contributed by atoms with Gasteiger partial charge in [-0.05, 0) is 97.6 Å². The van der Waals surface area contributed by atoms with Crippen LogP contribution in [-0.2, 0) is 16.6 Å². The molecule has 0 saturated carbocycles. The first-order chi connectivity index (χ1) is 26.3. The zero-order chi connectivity index (χ0) is 39.7. The highest BCUT2D eigenvalue weighted by Crippen LogP contribution is 2.34. The molecule has 55 heavy (non-hydrogen) atoms. The van der Waals surface area contributed by atoms with Crippen LogP contribution in [0.1, 0.15) is 48.7 Å². The second kappa shape index (κ2) is 17.2. The summed E-state index contributed by atoms with van der Waals surface area (Å²) in [5, 5.41) is 40.2. The number of pyridine rings is 2. The monoisotopic (exact) mass is 740 g/mol. The van der Waals surface area contributed by atoms with Crippen LogP contribution in [0, 0.1) is 0 Å². The third-order valence-electron chi connectivity index (χ3n) is 8.81. The highest BCUT2D eigenvalue weighted by molar-refractivity contribution is 6.03. The molecule has 4 N–H and O–H groups in total. The topological polar surface area (TPSA) is 180 Å². The molecule has 11 heteroatoms. The third-order valence-corrected chi connectivity index (χ3v) is 8.81. The van der Waals surface area contributed by atoms with Gasteiger partial charge in [0.15, 0.2) is 22.7 Å². The van der Waals surface area contributed by atoms with Crippen LogP contribution in [0.5, 0.6) is 28.7 Å². The van der Waals surface area contributed by atoms with Gasteiger partial charge in [-0.15, -0.1) is 0 Å². The highest BCUT2D eigenvalue weighted by Gasteiger charge is 2.30. The van der Waals surface area contributed by atoms with Crippen molar-refractivity contribution in [1.82, 2.24) is 9.97 Å². The third kappa shape index (κ3) is 9.71. The van der Waals surface area contributed by atoms with Crippen LogP contribution in [0.3, 0.4) is 0 Å². The molecule has 4 aromatic carbocycles. The number of rotatable bonds is 8. The van der Waals surface area contributed by atoms with Crippen molar-refractivity contribution in [2.24, 2.45) is 0 Å². The molecule has 0 unspecified atom stereocenters. The van der Waals surface area contributed by atoms with Crippen LogP contribution >= 0.6 is 0 Å². The smallest absolute Gasteiger partial charge is 0.197 e. The number of ether oxygens (including phenoxy) is 1. The van der Waals surface area contributed by atoms with E-state index in [4.69, 9.17) is 9.15 Å². The minimum absolute atomic E-state index is 0.0163. The van der Waals surface area contributed by atoms with Gasteiger partial charge in [0, 0.05) is 60.5 Å². The molecule has 0 amide bonds. The number of Topliss-reactive ketones (excluding diaryl/α,β-unsaturated/α-hetero) is 2. The number of hydrogen-bond acceptors (Lipinski definition) is 11. The average Bonchev–Trinajstić information content (AvgIpc) is 3.18. The second-order valence-electron chi connectivity index (χ2n) is 13.2. The minimum Gasteiger partial charge on any atom is -0.508 e. The Bertz CT molecular complexity index is 2510. The Morgan fingerprint density at radius 3 is 2.13 bits per heavy atom. The van der Waals surface area contributed by atoms with Gasteiger partial charge in [0.25, 0.3) is 0 Å². The summed E-state index contributed by atoms with van der Waals surface area (Å²) in [7, 11) is 1.67. The van der Waals surface area contributed by atoms with Gasteiger partial charge in [0.2, 0.25) is 0 Å². The summed E-state index contributed by atoms with van der Waals surface area (Å²) in [4.78, 5) is 43.4. The molecule has 7 rings (SSSR count). The summed E-state index contributed by atoms with van der Waals surface area (Å²) in [6.07, 6.45) is 8.12. The summed E-state index contributed by atoms with van der Waals surface area (Å²) >= 11 is 0. The maximum Gasteiger partial charge on any atom is 0.197 e. The van der Waals surface area contributed by atoms with Crippen molar-refractivity contribution in [3.05, 3.63) is 149 Å². The lowest BCUT2D eigenvalue weighted by molar-refractivity contribution is -0.116. The predicted molar refractivity (Wildman–Crippen MR) is 210 cm³/mol. The fraction of sp³-hybridized carbons (Fsp3) is 0.159. The Morgan fingerprint density at radius 1 is 0.764 bits per heavy atom. The van der Waals surface area contributed by atoms with E-state index >= 15 is 0 Å². The summed E-state index contributed by atoms with van der Waals surface area (Å²) < 4.78 is 10.7. The number of nitrogens with zero attached hydrogens (tertiary/aromatic N) is 2. The van der Waals surface area contributed by atoms with Gasteiger partial charge in [0.05, 0.1) is 12.5 Å². The standard InChI is InChI=1S/C15H10O6.C15H16O2.C14H14N2O/c16-8-4-11(19)15-12(20)6-13(21-14(15)5-8)7-1-2-9(17)10(18)3-7;1-11(16)3-4-12-5-6-14-10-15(17-2)8-7-13(14)9-12;1-14(2,12-6-4-8-16-10-12)13(17)11-5-3-7-15-9-11/h1-6,16-19H;5-10H,3-4H2,1-2H3;3-10H,1-2H3. The van der Waals surface area contributed by atoms with E-state index in [1.165, 1.54) is 35.2 Å². The molecule has 0 aliphatic carbocycles. The first-order valence-electron chi connectivity index (χ1n) is 17.2. The molecule has 0 saturated heterocycles. The van der Waals surface area contributed by atoms with Crippen molar-refractivity contribution in [2.45, 2.75) is 39.0 Å². The average molecular weight is 741 g/mol. The van der Waals surface area contributed by atoms with Gasteiger partial charge in [-0.25, -0.2) is 0 Å². The van der Waals surface area contributed by atoms with Crippen molar-refractivity contribution >= 4 is 33.3 Å². The van der Waals surface area contributed by atoms with Crippen molar-refractivity contribution in [2.75, 3.05) is 7.11 Å². The van der Waals surface area contributed by atoms with Gasteiger partial charge in [-0.3, -0.25) is 19.6 Å². The number of hydrogen-bond donors (Lipinski definition) is 4.